The van der Waals surface area contributed by atoms with Crippen LogP contribution in [0.5, 0.6) is 0 Å². The number of para-hydroxylation sites is 1. The summed E-state index contributed by atoms with van der Waals surface area (Å²) in [5, 5.41) is 7.41. The molecule has 0 unspecified atom stereocenters. The Balaban J connectivity index is 1.45. The molecule has 0 radical (unpaired) electrons. The van der Waals surface area contributed by atoms with E-state index in [9.17, 15) is 9.59 Å². The SMILES string of the molecule is CCc1c(C(=O)NCc2cccc(C(=O)N3CCCCC3)c2)cnn1-c1ccccc1. The Kier molecular flexibility index (Phi) is 6.46. The maximum Gasteiger partial charge on any atom is 0.255 e. The Morgan fingerprint density at radius 2 is 1.77 bits per heavy atom. The maximum atomic E-state index is 12.9. The molecule has 3 aromatic rings. The molecular formula is C25H28N4O2. The molecule has 1 aliphatic heterocycles. The van der Waals surface area contributed by atoms with Crippen LogP contribution in [0.15, 0.2) is 60.8 Å². The van der Waals surface area contributed by atoms with Gasteiger partial charge in [-0.15, -0.1) is 0 Å². The zero-order valence-corrected chi connectivity index (χ0v) is 17.9. The van der Waals surface area contributed by atoms with Crippen LogP contribution in [-0.4, -0.2) is 39.6 Å². The van der Waals surface area contributed by atoms with E-state index in [1.54, 1.807) is 6.20 Å². The number of carbonyl (C=O) groups is 2. The molecule has 0 spiro atoms. The van der Waals surface area contributed by atoms with E-state index in [-0.39, 0.29) is 11.8 Å². The Morgan fingerprint density at radius 3 is 2.52 bits per heavy atom. The molecule has 4 rings (SSSR count). The van der Waals surface area contributed by atoms with Crippen molar-refractivity contribution >= 4 is 11.8 Å². The van der Waals surface area contributed by atoms with Crippen LogP contribution >= 0.6 is 0 Å². The van der Waals surface area contributed by atoms with E-state index in [0.717, 1.165) is 42.9 Å². The van der Waals surface area contributed by atoms with Gasteiger partial charge in [0.05, 0.1) is 23.1 Å². The van der Waals surface area contributed by atoms with Gasteiger partial charge in [-0.3, -0.25) is 9.59 Å². The summed E-state index contributed by atoms with van der Waals surface area (Å²) in [7, 11) is 0. The van der Waals surface area contributed by atoms with Crippen molar-refractivity contribution in [1.29, 1.82) is 0 Å². The normalized spacial score (nSPS) is 13.8. The van der Waals surface area contributed by atoms with Crippen molar-refractivity contribution < 1.29 is 9.59 Å². The second kappa shape index (κ2) is 9.60. The van der Waals surface area contributed by atoms with Crippen molar-refractivity contribution in [2.75, 3.05) is 13.1 Å². The van der Waals surface area contributed by atoms with Crippen molar-refractivity contribution in [3.05, 3.63) is 83.2 Å². The number of rotatable bonds is 6. The van der Waals surface area contributed by atoms with Gasteiger partial charge in [-0.05, 0) is 55.5 Å². The first-order valence-electron chi connectivity index (χ1n) is 11.0. The van der Waals surface area contributed by atoms with Crippen molar-refractivity contribution in [3.8, 4) is 5.69 Å². The van der Waals surface area contributed by atoms with E-state index < -0.39 is 0 Å². The zero-order chi connectivity index (χ0) is 21.6. The molecule has 2 aromatic carbocycles. The number of hydrogen-bond donors (Lipinski definition) is 1. The van der Waals surface area contributed by atoms with Gasteiger partial charge in [0.1, 0.15) is 0 Å². The monoisotopic (exact) mass is 416 g/mol. The Labute approximate surface area is 182 Å². The third-order valence-corrected chi connectivity index (χ3v) is 5.72. The Bertz CT molecular complexity index is 1050. The number of piperidine rings is 1. The van der Waals surface area contributed by atoms with Crippen molar-refractivity contribution in [3.63, 3.8) is 0 Å². The van der Waals surface area contributed by atoms with Gasteiger partial charge in [0.2, 0.25) is 0 Å². The fourth-order valence-electron chi connectivity index (χ4n) is 4.07. The second-order valence-electron chi connectivity index (χ2n) is 7.84. The van der Waals surface area contributed by atoms with Crippen molar-refractivity contribution in [2.24, 2.45) is 0 Å². The minimum Gasteiger partial charge on any atom is -0.348 e. The summed E-state index contributed by atoms with van der Waals surface area (Å²) < 4.78 is 1.81. The molecule has 1 N–H and O–H groups in total. The van der Waals surface area contributed by atoms with Crippen LogP contribution in [0, 0.1) is 0 Å². The van der Waals surface area contributed by atoms with Crippen LogP contribution in [0.2, 0.25) is 0 Å². The maximum absolute atomic E-state index is 12.9. The fraction of sp³-hybridized carbons (Fsp3) is 0.320. The molecule has 6 heteroatoms. The lowest BCUT2D eigenvalue weighted by Gasteiger charge is -2.26. The first-order chi connectivity index (χ1) is 15.2. The van der Waals surface area contributed by atoms with Gasteiger partial charge in [-0.2, -0.15) is 5.10 Å². The van der Waals surface area contributed by atoms with Crippen LogP contribution < -0.4 is 5.32 Å². The van der Waals surface area contributed by atoms with E-state index in [1.165, 1.54) is 6.42 Å². The standard InChI is InChI=1S/C25H28N4O2/c1-2-23-22(18-27-29(23)21-12-5-3-6-13-21)24(30)26-17-19-10-9-11-20(16-19)25(31)28-14-7-4-8-15-28/h3,5-6,9-13,16,18H,2,4,7-8,14-15,17H2,1H3,(H,26,30). The molecule has 6 nitrogen and oxygen atoms in total. The van der Waals surface area contributed by atoms with Gasteiger partial charge in [-0.25, -0.2) is 4.68 Å². The van der Waals surface area contributed by atoms with E-state index >= 15 is 0 Å². The largest absolute Gasteiger partial charge is 0.348 e. The lowest BCUT2D eigenvalue weighted by atomic mass is 10.1. The second-order valence-corrected chi connectivity index (χ2v) is 7.84. The number of benzene rings is 2. The van der Waals surface area contributed by atoms with Gasteiger partial charge >= 0.3 is 0 Å². The third-order valence-electron chi connectivity index (χ3n) is 5.72. The quantitative estimate of drug-likeness (QED) is 0.661. The first-order valence-corrected chi connectivity index (χ1v) is 11.0. The predicted octanol–water partition coefficient (Wildman–Crippen LogP) is 3.99. The summed E-state index contributed by atoms with van der Waals surface area (Å²) in [6, 6.07) is 17.3. The van der Waals surface area contributed by atoms with E-state index in [4.69, 9.17) is 0 Å². The number of nitrogens with zero attached hydrogens (tertiary/aromatic N) is 3. The van der Waals surface area contributed by atoms with E-state index in [0.29, 0.717) is 24.1 Å². The smallest absolute Gasteiger partial charge is 0.255 e. The molecule has 1 fully saturated rings. The molecule has 0 aliphatic carbocycles. The summed E-state index contributed by atoms with van der Waals surface area (Å²) in [5.41, 5.74) is 3.97. The number of carbonyl (C=O) groups excluding carboxylic acids is 2. The van der Waals surface area contributed by atoms with Crippen LogP contribution in [-0.2, 0) is 13.0 Å². The average molecular weight is 417 g/mol. The van der Waals surface area contributed by atoms with Crippen LogP contribution in [0.1, 0.15) is 58.2 Å². The highest BCUT2D eigenvalue weighted by molar-refractivity contribution is 5.96. The molecule has 1 aliphatic rings. The average Bonchev–Trinajstić information content (AvgIpc) is 3.27. The summed E-state index contributed by atoms with van der Waals surface area (Å²) in [6.07, 6.45) is 5.64. The first kappa shape index (κ1) is 20.8. The van der Waals surface area contributed by atoms with Crippen LogP contribution in [0.3, 0.4) is 0 Å². The molecule has 160 valence electrons. The lowest BCUT2D eigenvalue weighted by molar-refractivity contribution is 0.0724. The minimum absolute atomic E-state index is 0.0743. The van der Waals surface area contributed by atoms with E-state index in [2.05, 4.69) is 10.4 Å². The summed E-state index contributed by atoms with van der Waals surface area (Å²) in [4.78, 5) is 27.6. The van der Waals surface area contributed by atoms with E-state index in [1.807, 2.05) is 71.1 Å². The number of aromatic nitrogens is 2. The van der Waals surface area contributed by atoms with Crippen molar-refractivity contribution in [2.45, 2.75) is 39.2 Å². The van der Waals surface area contributed by atoms with Gasteiger partial charge in [0, 0.05) is 25.2 Å². The van der Waals surface area contributed by atoms with Gasteiger partial charge < -0.3 is 10.2 Å². The van der Waals surface area contributed by atoms with Crippen molar-refractivity contribution in [1.82, 2.24) is 20.0 Å². The number of amides is 2. The third kappa shape index (κ3) is 4.68. The predicted molar refractivity (Wildman–Crippen MR) is 120 cm³/mol. The Hall–Kier alpha value is -3.41. The molecule has 0 saturated carbocycles. The number of likely N-dealkylation sites (tertiary alicyclic amines) is 1. The molecule has 0 bridgehead atoms. The van der Waals surface area contributed by atoms with Gasteiger partial charge in [0.25, 0.3) is 11.8 Å². The van der Waals surface area contributed by atoms with Crippen LogP contribution in [0.4, 0.5) is 0 Å². The molecule has 0 atom stereocenters. The highest BCUT2D eigenvalue weighted by atomic mass is 16.2. The summed E-state index contributed by atoms with van der Waals surface area (Å²) in [5.74, 6) is -0.0860. The zero-order valence-electron chi connectivity index (χ0n) is 17.9. The number of hydrogen-bond acceptors (Lipinski definition) is 3. The minimum atomic E-state index is -0.160. The molecule has 1 aromatic heterocycles. The topological polar surface area (TPSA) is 67.2 Å². The number of nitrogens with one attached hydrogen (secondary N) is 1. The molecule has 2 heterocycles. The summed E-state index contributed by atoms with van der Waals surface area (Å²) in [6.45, 7) is 4.03. The molecular weight excluding hydrogens is 388 g/mol. The van der Waals surface area contributed by atoms with Gasteiger partial charge in [-0.1, -0.05) is 37.3 Å². The molecule has 2 amide bonds. The Morgan fingerprint density at radius 1 is 1.00 bits per heavy atom. The summed E-state index contributed by atoms with van der Waals surface area (Å²) >= 11 is 0. The fourth-order valence-corrected chi connectivity index (χ4v) is 4.07. The highest BCUT2D eigenvalue weighted by Gasteiger charge is 2.19. The molecule has 1 saturated heterocycles. The van der Waals surface area contributed by atoms with Gasteiger partial charge in [0.15, 0.2) is 0 Å². The molecule has 31 heavy (non-hydrogen) atoms. The lowest BCUT2D eigenvalue weighted by Crippen LogP contribution is -2.35. The van der Waals surface area contributed by atoms with Crippen LogP contribution in [0.25, 0.3) is 5.69 Å². The highest BCUT2D eigenvalue weighted by Crippen LogP contribution is 2.17.